The Balaban J connectivity index is 2.46. The molecule has 2 nitrogen and oxygen atoms in total. The number of hydrogen-bond acceptors (Lipinski definition) is 2. The third-order valence-corrected chi connectivity index (χ3v) is 1.58. The van der Waals surface area contributed by atoms with Crippen molar-refractivity contribution < 1.29 is 0 Å². The van der Waals surface area contributed by atoms with E-state index < -0.39 is 0 Å². The highest BCUT2D eigenvalue weighted by Gasteiger charge is 1.97. The van der Waals surface area contributed by atoms with Crippen LogP contribution < -0.4 is 5.32 Å². The third kappa shape index (κ3) is 2.74. The molecule has 1 aromatic heterocycles. The summed E-state index contributed by atoms with van der Waals surface area (Å²) in [6, 6.07) is 6.23. The molecule has 1 rings (SSSR count). The third-order valence-electron chi connectivity index (χ3n) is 1.58. The number of anilines is 1. The molecule has 0 radical (unpaired) electrons. The second-order valence-corrected chi connectivity index (χ2v) is 2.78. The van der Waals surface area contributed by atoms with E-state index in [9.17, 15) is 0 Å². The normalized spacial score (nSPS) is 12.1. The van der Waals surface area contributed by atoms with Gasteiger partial charge in [-0.05, 0) is 25.5 Å². The molecule has 0 bridgehead atoms. The van der Waals surface area contributed by atoms with Gasteiger partial charge in [-0.2, -0.15) is 0 Å². The molecule has 0 saturated heterocycles. The van der Waals surface area contributed by atoms with Crippen LogP contribution in [0.4, 0.5) is 5.82 Å². The number of nitrogens with one attached hydrogen (secondary N) is 1. The lowest BCUT2D eigenvalue weighted by molar-refractivity contribution is 0.807. The van der Waals surface area contributed by atoms with E-state index in [-0.39, 0.29) is 0 Å². The molecule has 1 aromatic rings. The van der Waals surface area contributed by atoms with Crippen molar-refractivity contribution in [3.63, 3.8) is 0 Å². The molecular weight excluding hydrogens is 148 g/mol. The molecule has 0 aromatic carbocycles. The summed E-state index contributed by atoms with van der Waals surface area (Å²) in [6.07, 6.45) is 4.64. The Morgan fingerprint density at radius 1 is 1.67 bits per heavy atom. The first-order valence-corrected chi connectivity index (χ1v) is 4.11. The van der Waals surface area contributed by atoms with E-state index in [4.69, 9.17) is 0 Å². The van der Waals surface area contributed by atoms with Gasteiger partial charge in [-0.15, -0.1) is 6.58 Å². The van der Waals surface area contributed by atoms with Gasteiger partial charge in [0.2, 0.25) is 0 Å². The summed E-state index contributed by atoms with van der Waals surface area (Å²) < 4.78 is 0. The van der Waals surface area contributed by atoms with Crippen molar-refractivity contribution in [2.24, 2.45) is 0 Å². The average molecular weight is 162 g/mol. The summed E-state index contributed by atoms with van der Waals surface area (Å²) in [6.45, 7) is 5.79. The van der Waals surface area contributed by atoms with Crippen molar-refractivity contribution in [2.75, 3.05) is 5.32 Å². The van der Waals surface area contributed by atoms with Gasteiger partial charge < -0.3 is 5.32 Å². The highest BCUT2D eigenvalue weighted by molar-refractivity contribution is 5.34. The van der Waals surface area contributed by atoms with Crippen LogP contribution in [0.25, 0.3) is 0 Å². The summed E-state index contributed by atoms with van der Waals surface area (Å²) in [5.41, 5.74) is 0. The highest BCUT2D eigenvalue weighted by atomic mass is 15.0. The van der Waals surface area contributed by atoms with Gasteiger partial charge in [0.05, 0.1) is 0 Å². The fourth-order valence-electron chi connectivity index (χ4n) is 1.01. The molecule has 1 atom stereocenters. The number of nitrogens with zero attached hydrogens (tertiary/aromatic N) is 1. The lowest BCUT2D eigenvalue weighted by atomic mass is 10.2. The second-order valence-electron chi connectivity index (χ2n) is 2.78. The number of hydrogen-bond donors (Lipinski definition) is 1. The van der Waals surface area contributed by atoms with Gasteiger partial charge in [-0.3, -0.25) is 0 Å². The number of aromatic nitrogens is 1. The van der Waals surface area contributed by atoms with E-state index in [1.165, 1.54) is 0 Å². The number of pyridine rings is 1. The molecule has 0 aliphatic rings. The fourth-order valence-corrected chi connectivity index (χ4v) is 1.01. The standard InChI is InChI=1S/C10H14N2/c1-3-6-9(2)12-10-7-4-5-8-11-10/h3-5,7-9H,1,6H2,2H3,(H,11,12). The maximum absolute atomic E-state index is 4.16. The van der Waals surface area contributed by atoms with Crippen molar-refractivity contribution >= 4 is 5.82 Å². The van der Waals surface area contributed by atoms with Crippen LogP contribution in [0.3, 0.4) is 0 Å². The van der Waals surface area contributed by atoms with Gasteiger partial charge in [-0.25, -0.2) is 4.98 Å². The smallest absolute Gasteiger partial charge is 0.126 e. The number of rotatable bonds is 4. The molecule has 64 valence electrons. The van der Waals surface area contributed by atoms with Crippen molar-refractivity contribution in [3.05, 3.63) is 37.1 Å². The SMILES string of the molecule is C=CCC(C)Nc1ccccn1. The minimum atomic E-state index is 0.400. The van der Waals surface area contributed by atoms with Gasteiger partial charge >= 0.3 is 0 Å². The van der Waals surface area contributed by atoms with Crippen molar-refractivity contribution in [2.45, 2.75) is 19.4 Å². The van der Waals surface area contributed by atoms with E-state index in [1.807, 2.05) is 24.3 Å². The van der Waals surface area contributed by atoms with Gasteiger partial charge in [-0.1, -0.05) is 12.1 Å². The molecule has 0 aliphatic carbocycles. The van der Waals surface area contributed by atoms with Crippen LogP contribution in [0.15, 0.2) is 37.1 Å². The topological polar surface area (TPSA) is 24.9 Å². The molecule has 1 heterocycles. The van der Waals surface area contributed by atoms with Crippen LogP contribution in [0.1, 0.15) is 13.3 Å². The van der Waals surface area contributed by atoms with Crippen molar-refractivity contribution in [1.29, 1.82) is 0 Å². The molecule has 1 N–H and O–H groups in total. The molecular formula is C10H14N2. The average Bonchev–Trinajstić information content (AvgIpc) is 2.06. The van der Waals surface area contributed by atoms with E-state index in [2.05, 4.69) is 23.8 Å². The molecule has 12 heavy (non-hydrogen) atoms. The molecule has 0 saturated carbocycles. The maximum Gasteiger partial charge on any atom is 0.126 e. The molecule has 0 aliphatic heterocycles. The van der Waals surface area contributed by atoms with Gasteiger partial charge in [0.1, 0.15) is 5.82 Å². The summed E-state index contributed by atoms with van der Waals surface area (Å²) in [5.74, 6) is 0.923. The van der Waals surface area contributed by atoms with Gasteiger partial charge in [0.15, 0.2) is 0 Å². The zero-order valence-electron chi connectivity index (χ0n) is 7.33. The van der Waals surface area contributed by atoms with Crippen LogP contribution in [-0.4, -0.2) is 11.0 Å². The van der Waals surface area contributed by atoms with E-state index >= 15 is 0 Å². The zero-order chi connectivity index (χ0) is 8.81. The van der Waals surface area contributed by atoms with Crippen molar-refractivity contribution in [3.8, 4) is 0 Å². The van der Waals surface area contributed by atoms with Crippen LogP contribution in [0, 0.1) is 0 Å². The Bertz CT molecular complexity index is 231. The summed E-state index contributed by atoms with van der Waals surface area (Å²) >= 11 is 0. The highest BCUT2D eigenvalue weighted by Crippen LogP contribution is 2.04. The molecule has 2 heteroatoms. The van der Waals surface area contributed by atoms with Gasteiger partial charge in [0.25, 0.3) is 0 Å². The molecule has 0 amide bonds. The lowest BCUT2D eigenvalue weighted by Gasteiger charge is -2.11. The monoisotopic (exact) mass is 162 g/mol. The summed E-state index contributed by atoms with van der Waals surface area (Å²) in [5, 5.41) is 3.26. The minimum absolute atomic E-state index is 0.400. The Hall–Kier alpha value is -1.31. The molecule has 0 fully saturated rings. The summed E-state index contributed by atoms with van der Waals surface area (Å²) in [7, 11) is 0. The first-order chi connectivity index (χ1) is 5.83. The fraction of sp³-hybridized carbons (Fsp3) is 0.300. The minimum Gasteiger partial charge on any atom is -0.367 e. The Kier molecular flexibility index (Phi) is 3.33. The van der Waals surface area contributed by atoms with E-state index in [0.717, 1.165) is 12.2 Å². The Morgan fingerprint density at radius 3 is 3.08 bits per heavy atom. The molecule has 1 unspecified atom stereocenters. The van der Waals surface area contributed by atoms with E-state index in [0.29, 0.717) is 6.04 Å². The van der Waals surface area contributed by atoms with Crippen molar-refractivity contribution in [1.82, 2.24) is 4.98 Å². The predicted octanol–water partition coefficient (Wildman–Crippen LogP) is 2.46. The Labute approximate surface area is 73.3 Å². The molecule has 0 spiro atoms. The van der Waals surface area contributed by atoms with Crippen LogP contribution in [0.5, 0.6) is 0 Å². The van der Waals surface area contributed by atoms with Crippen LogP contribution >= 0.6 is 0 Å². The lowest BCUT2D eigenvalue weighted by Crippen LogP contribution is -2.14. The second kappa shape index (κ2) is 4.54. The Morgan fingerprint density at radius 2 is 2.50 bits per heavy atom. The largest absolute Gasteiger partial charge is 0.367 e. The van der Waals surface area contributed by atoms with Crippen LogP contribution in [-0.2, 0) is 0 Å². The van der Waals surface area contributed by atoms with Gasteiger partial charge in [0, 0.05) is 12.2 Å². The maximum atomic E-state index is 4.16. The predicted molar refractivity (Wildman–Crippen MR) is 52.1 cm³/mol. The zero-order valence-corrected chi connectivity index (χ0v) is 7.33. The first kappa shape index (κ1) is 8.78. The first-order valence-electron chi connectivity index (χ1n) is 4.11. The quantitative estimate of drug-likeness (QED) is 0.688. The summed E-state index contributed by atoms with van der Waals surface area (Å²) in [4.78, 5) is 4.16. The van der Waals surface area contributed by atoms with E-state index in [1.54, 1.807) is 6.20 Å². The van der Waals surface area contributed by atoms with Crippen LogP contribution in [0.2, 0.25) is 0 Å².